The number of nitrogens with one attached hydrogen (secondary N) is 2. The Balaban J connectivity index is 1.88. The van der Waals surface area contributed by atoms with Crippen LogP contribution >= 0.6 is 22.6 Å². The predicted octanol–water partition coefficient (Wildman–Crippen LogP) is 1.25. The summed E-state index contributed by atoms with van der Waals surface area (Å²) < 4.78 is 6.30. The Bertz CT molecular complexity index is 412. The van der Waals surface area contributed by atoms with Crippen LogP contribution in [0, 0.1) is 3.77 Å². The van der Waals surface area contributed by atoms with Crippen molar-refractivity contribution < 1.29 is 4.42 Å². The summed E-state index contributed by atoms with van der Waals surface area (Å²) in [6.07, 6.45) is 0. The zero-order valence-electron chi connectivity index (χ0n) is 8.07. The minimum absolute atomic E-state index is 0.0477. The van der Waals surface area contributed by atoms with E-state index >= 15 is 0 Å². The molecule has 2 rings (SSSR count). The summed E-state index contributed by atoms with van der Waals surface area (Å²) >= 11 is 2.13. The summed E-state index contributed by atoms with van der Waals surface area (Å²) in [5, 5.41) is 16.9. The van der Waals surface area contributed by atoms with Crippen LogP contribution < -0.4 is 5.32 Å². The number of tetrazole rings is 1. The minimum atomic E-state index is 0.0477. The predicted molar refractivity (Wildman–Crippen MR) is 60.9 cm³/mol. The molecule has 0 spiro atoms. The van der Waals surface area contributed by atoms with Gasteiger partial charge in [0.2, 0.25) is 0 Å². The van der Waals surface area contributed by atoms with Crippen molar-refractivity contribution in [3.05, 3.63) is 27.5 Å². The maximum Gasteiger partial charge on any atom is 0.191 e. The molecule has 0 aliphatic heterocycles. The number of aromatic nitrogens is 4. The topological polar surface area (TPSA) is 79.6 Å². The Kier molecular flexibility index (Phi) is 3.31. The third-order valence-corrected chi connectivity index (χ3v) is 2.54. The molecular weight excluding hydrogens is 309 g/mol. The summed E-state index contributed by atoms with van der Waals surface area (Å²) in [5.74, 6) is 1.55. The highest BCUT2D eigenvalue weighted by Crippen LogP contribution is 2.11. The van der Waals surface area contributed by atoms with Crippen molar-refractivity contribution >= 4 is 22.6 Å². The molecule has 1 unspecified atom stereocenters. The van der Waals surface area contributed by atoms with Crippen LogP contribution in [0.4, 0.5) is 0 Å². The van der Waals surface area contributed by atoms with Gasteiger partial charge in [0.1, 0.15) is 5.76 Å². The molecule has 0 bridgehead atoms. The Hall–Kier alpha value is -0.960. The number of furan rings is 1. The highest BCUT2D eigenvalue weighted by molar-refractivity contribution is 14.1. The SMILES string of the molecule is CC(NCc1ccc(I)o1)c1nn[nH]n1. The zero-order valence-corrected chi connectivity index (χ0v) is 10.2. The average molecular weight is 319 g/mol. The maximum absolute atomic E-state index is 5.41. The molecule has 0 fully saturated rings. The largest absolute Gasteiger partial charge is 0.454 e. The van der Waals surface area contributed by atoms with Crippen LogP contribution in [0.15, 0.2) is 16.5 Å². The summed E-state index contributed by atoms with van der Waals surface area (Å²) in [7, 11) is 0. The first-order chi connectivity index (χ1) is 7.25. The number of hydrogen-bond donors (Lipinski definition) is 2. The Labute approximate surface area is 100.0 Å². The Morgan fingerprint density at radius 2 is 2.47 bits per heavy atom. The van der Waals surface area contributed by atoms with E-state index in [-0.39, 0.29) is 6.04 Å². The van der Waals surface area contributed by atoms with Crippen LogP contribution in [0.25, 0.3) is 0 Å². The van der Waals surface area contributed by atoms with E-state index < -0.39 is 0 Å². The normalized spacial score (nSPS) is 12.9. The van der Waals surface area contributed by atoms with Gasteiger partial charge in [-0.3, -0.25) is 0 Å². The lowest BCUT2D eigenvalue weighted by atomic mass is 10.3. The van der Waals surface area contributed by atoms with Crippen LogP contribution in [0.5, 0.6) is 0 Å². The molecule has 2 aromatic rings. The number of H-pyrrole nitrogens is 1. The van der Waals surface area contributed by atoms with E-state index in [2.05, 4.69) is 48.5 Å². The van der Waals surface area contributed by atoms with Gasteiger partial charge >= 0.3 is 0 Å². The molecule has 7 heteroatoms. The average Bonchev–Trinajstić information content (AvgIpc) is 2.84. The Morgan fingerprint density at radius 1 is 1.60 bits per heavy atom. The lowest BCUT2D eigenvalue weighted by Crippen LogP contribution is -2.18. The van der Waals surface area contributed by atoms with Crippen LogP contribution in [-0.2, 0) is 6.54 Å². The van der Waals surface area contributed by atoms with Gasteiger partial charge in [-0.25, -0.2) is 0 Å². The first kappa shape index (κ1) is 10.6. The van der Waals surface area contributed by atoms with Crippen LogP contribution in [0.2, 0.25) is 0 Å². The van der Waals surface area contributed by atoms with Crippen molar-refractivity contribution in [2.24, 2.45) is 0 Å². The van der Waals surface area contributed by atoms with Crippen LogP contribution in [0.3, 0.4) is 0 Å². The quantitative estimate of drug-likeness (QED) is 0.829. The second kappa shape index (κ2) is 4.71. The van der Waals surface area contributed by atoms with E-state index in [9.17, 15) is 0 Å². The van der Waals surface area contributed by atoms with Gasteiger partial charge in [0, 0.05) is 0 Å². The van der Waals surface area contributed by atoms with Gasteiger partial charge in [-0.1, -0.05) is 5.21 Å². The van der Waals surface area contributed by atoms with Crippen LogP contribution in [-0.4, -0.2) is 20.6 Å². The molecule has 0 radical (unpaired) electrons. The molecule has 2 heterocycles. The van der Waals surface area contributed by atoms with Crippen LogP contribution in [0.1, 0.15) is 24.6 Å². The molecule has 0 aliphatic carbocycles. The van der Waals surface area contributed by atoms with E-state index in [0.29, 0.717) is 12.4 Å². The van der Waals surface area contributed by atoms with E-state index in [1.54, 1.807) is 0 Å². The van der Waals surface area contributed by atoms with Crippen molar-refractivity contribution in [3.8, 4) is 0 Å². The fraction of sp³-hybridized carbons (Fsp3) is 0.375. The molecule has 6 nitrogen and oxygen atoms in total. The van der Waals surface area contributed by atoms with E-state index in [1.165, 1.54) is 0 Å². The summed E-state index contributed by atoms with van der Waals surface area (Å²) in [6.45, 7) is 2.62. The summed E-state index contributed by atoms with van der Waals surface area (Å²) in [5.41, 5.74) is 0. The number of nitrogens with zero attached hydrogens (tertiary/aromatic N) is 3. The van der Waals surface area contributed by atoms with Gasteiger partial charge in [0.05, 0.1) is 12.6 Å². The molecule has 80 valence electrons. The van der Waals surface area contributed by atoms with E-state index in [1.807, 2.05) is 19.1 Å². The molecule has 0 amide bonds. The first-order valence-electron chi connectivity index (χ1n) is 4.46. The van der Waals surface area contributed by atoms with Gasteiger partial charge in [-0.2, -0.15) is 5.21 Å². The fourth-order valence-electron chi connectivity index (χ4n) is 1.14. The lowest BCUT2D eigenvalue weighted by Gasteiger charge is -2.07. The van der Waals surface area contributed by atoms with Crippen molar-refractivity contribution in [2.75, 3.05) is 0 Å². The summed E-state index contributed by atoms with van der Waals surface area (Å²) in [6, 6.07) is 3.92. The highest BCUT2D eigenvalue weighted by atomic mass is 127. The van der Waals surface area contributed by atoms with Crippen molar-refractivity contribution in [2.45, 2.75) is 19.5 Å². The monoisotopic (exact) mass is 319 g/mol. The maximum atomic E-state index is 5.41. The van der Waals surface area contributed by atoms with E-state index in [4.69, 9.17) is 4.42 Å². The Morgan fingerprint density at radius 3 is 3.07 bits per heavy atom. The van der Waals surface area contributed by atoms with Gasteiger partial charge in [0.25, 0.3) is 0 Å². The number of hydrogen-bond acceptors (Lipinski definition) is 5. The standard InChI is InChI=1S/C8H10IN5O/c1-5(8-11-13-14-12-8)10-4-6-2-3-7(9)15-6/h2-3,5,10H,4H2,1H3,(H,11,12,13,14). The molecular formula is C8H10IN5O. The minimum Gasteiger partial charge on any atom is -0.454 e. The molecule has 0 aromatic carbocycles. The van der Waals surface area contributed by atoms with Gasteiger partial charge in [0.15, 0.2) is 9.59 Å². The summed E-state index contributed by atoms with van der Waals surface area (Å²) in [4.78, 5) is 0. The van der Waals surface area contributed by atoms with Gasteiger partial charge < -0.3 is 9.73 Å². The fourth-order valence-corrected chi connectivity index (χ4v) is 1.61. The lowest BCUT2D eigenvalue weighted by molar-refractivity contribution is 0.439. The molecule has 15 heavy (non-hydrogen) atoms. The second-order valence-corrected chi connectivity index (χ2v) is 4.14. The van der Waals surface area contributed by atoms with Crippen molar-refractivity contribution in [3.63, 3.8) is 0 Å². The molecule has 1 atom stereocenters. The number of rotatable bonds is 4. The molecule has 0 aliphatic rings. The first-order valence-corrected chi connectivity index (χ1v) is 5.54. The molecule has 0 saturated carbocycles. The number of halogens is 1. The molecule has 2 N–H and O–H groups in total. The van der Waals surface area contributed by atoms with E-state index in [0.717, 1.165) is 9.53 Å². The second-order valence-electron chi connectivity index (χ2n) is 3.08. The van der Waals surface area contributed by atoms with Gasteiger partial charge in [-0.05, 0) is 41.6 Å². The third-order valence-electron chi connectivity index (χ3n) is 1.96. The van der Waals surface area contributed by atoms with Crippen molar-refractivity contribution in [1.29, 1.82) is 0 Å². The van der Waals surface area contributed by atoms with Crippen molar-refractivity contribution in [1.82, 2.24) is 25.9 Å². The smallest absolute Gasteiger partial charge is 0.191 e. The molecule has 2 aromatic heterocycles. The molecule has 0 saturated heterocycles. The highest BCUT2D eigenvalue weighted by Gasteiger charge is 2.10. The van der Waals surface area contributed by atoms with Gasteiger partial charge in [-0.15, -0.1) is 10.2 Å². The third kappa shape index (κ3) is 2.75. The number of aromatic amines is 1. The zero-order chi connectivity index (χ0) is 10.7.